The number of phosphoric acid groups is 1. The summed E-state index contributed by atoms with van der Waals surface area (Å²) in [6, 6.07) is -1.55. The summed E-state index contributed by atoms with van der Waals surface area (Å²) in [6.07, 6.45) is 40.3. The Balaban J connectivity index is 3.89. The van der Waals surface area contributed by atoms with E-state index >= 15 is 0 Å². The number of aliphatic carboxylic acids is 1. The molecule has 0 aromatic carbocycles. The summed E-state index contributed by atoms with van der Waals surface area (Å²) >= 11 is 0. The number of carboxylic acid groups (broad SMARTS) is 1. The van der Waals surface area contributed by atoms with Crippen molar-refractivity contribution in [3.63, 3.8) is 0 Å². The fourth-order valence-corrected chi connectivity index (χ4v) is 6.52. The minimum atomic E-state index is -4.75. The van der Waals surface area contributed by atoms with E-state index in [1.165, 1.54) is 77.0 Å². The number of unbranched alkanes of at least 4 members (excludes halogenated alkanes) is 20. The number of phosphoric ester groups is 1. The van der Waals surface area contributed by atoms with Crippen LogP contribution in [-0.2, 0) is 32.7 Å². The number of hydrogen-bond acceptors (Lipinski definition) is 8. The van der Waals surface area contributed by atoms with Crippen molar-refractivity contribution in [3.05, 3.63) is 36.5 Å². The smallest absolute Gasteiger partial charge is 0.472 e. The van der Waals surface area contributed by atoms with E-state index in [1.807, 2.05) is 0 Å². The SMILES string of the molecule is CCCCC/C=C\C/C=C\CCCCCCCCCCCC(=O)OCC(O)COP(=O)(O)OCC(NC(=O)CCCCCCC/C=C\CCCCC)C(=O)O. The number of amides is 1. The number of carbonyl (C=O) groups is 3. The van der Waals surface area contributed by atoms with Crippen LogP contribution in [0.1, 0.15) is 187 Å². The number of nitrogens with one attached hydrogen (secondary N) is 1. The van der Waals surface area contributed by atoms with Gasteiger partial charge in [0, 0.05) is 12.8 Å². The fourth-order valence-electron chi connectivity index (χ4n) is 5.75. The number of carbonyl (C=O) groups excluding carboxylic acids is 2. The van der Waals surface area contributed by atoms with Gasteiger partial charge in [0.25, 0.3) is 0 Å². The van der Waals surface area contributed by atoms with Gasteiger partial charge in [-0.2, -0.15) is 0 Å². The van der Waals surface area contributed by atoms with Crippen LogP contribution in [0.3, 0.4) is 0 Å². The molecule has 0 spiro atoms. The number of carboxylic acids is 1. The number of esters is 1. The molecule has 0 aromatic heterocycles. The van der Waals surface area contributed by atoms with Crippen molar-refractivity contribution < 1.29 is 47.8 Å². The quantitative estimate of drug-likeness (QED) is 0.0202. The molecule has 0 heterocycles. The van der Waals surface area contributed by atoms with E-state index in [0.717, 1.165) is 70.6 Å². The summed E-state index contributed by atoms with van der Waals surface area (Å²) in [4.78, 5) is 45.8. The van der Waals surface area contributed by atoms with Crippen LogP contribution in [0.5, 0.6) is 0 Å². The second-order valence-electron chi connectivity index (χ2n) is 14.5. The largest absolute Gasteiger partial charge is 0.480 e. The number of hydrogen-bond donors (Lipinski definition) is 4. The van der Waals surface area contributed by atoms with Gasteiger partial charge in [0.2, 0.25) is 5.91 Å². The van der Waals surface area contributed by atoms with Gasteiger partial charge in [-0.15, -0.1) is 0 Å². The van der Waals surface area contributed by atoms with Crippen LogP contribution in [0.2, 0.25) is 0 Å². The van der Waals surface area contributed by atoms with E-state index in [1.54, 1.807) is 0 Å². The van der Waals surface area contributed by atoms with Crippen molar-refractivity contribution in [2.75, 3.05) is 19.8 Å². The van der Waals surface area contributed by atoms with Crippen LogP contribution in [0.25, 0.3) is 0 Å². The molecule has 11 nitrogen and oxygen atoms in total. The highest BCUT2D eigenvalue weighted by Crippen LogP contribution is 2.43. The maximum Gasteiger partial charge on any atom is 0.472 e. The summed E-state index contributed by atoms with van der Waals surface area (Å²) in [6.45, 7) is 2.52. The normalized spacial score (nSPS) is 14.1. The highest BCUT2D eigenvalue weighted by atomic mass is 31.2. The zero-order valence-electron chi connectivity index (χ0n) is 34.5. The molecule has 0 saturated carbocycles. The van der Waals surface area contributed by atoms with Crippen LogP contribution >= 0.6 is 7.82 Å². The number of aliphatic hydroxyl groups is 1. The summed E-state index contributed by atoms with van der Waals surface area (Å²) < 4.78 is 26.8. The minimum Gasteiger partial charge on any atom is -0.480 e. The first-order valence-corrected chi connectivity index (χ1v) is 23.0. The Kier molecular flexibility index (Phi) is 37.0. The van der Waals surface area contributed by atoms with E-state index in [9.17, 15) is 34.1 Å². The van der Waals surface area contributed by atoms with Crippen LogP contribution in [0, 0.1) is 0 Å². The number of aliphatic hydroxyl groups excluding tert-OH is 1. The molecular formula is C43H78NO10P. The number of allylic oxidation sites excluding steroid dienone is 6. The van der Waals surface area contributed by atoms with Crippen molar-refractivity contribution in [1.82, 2.24) is 5.32 Å². The molecular weight excluding hydrogens is 721 g/mol. The van der Waals surface area contributed by atoms with Crippen LogP contribution in [0.4, 0.5) is 0 Å². The molecule has 12 heteroatoms. The zero-order valence-corrected chi connectivity index (χ0v) is 35.4. The fraction of sp³-hybridized carbons (Fsp3) is 0.791. The van der Waals surface area contributed by atoms with E-state index in [0.29, 0.717) is 12.8 Å². The van der Waals surface area contributed by atoms with Crippen molar-refractivity contribution in [2.45, 2.75) is 199 Å². The lowest BCUT2D eigenvalue weighted by molar-refractivity contribution is -0.147. The third kappa shape index (κ3) is 38.4. The lowest BCUT2D eigenvalue weighted by Crippen LogP contribution is -2.43. The summed E-state index contributed by atoms with van der Waals surface area (Å²) in [5.41, 5.74) is 0. The van der Waals surface area contributed by atoms with E-state index in [2.05, 4.69) is 55.6 Å². The highest BCUT2D eigenvalue weighted by Gasteiger charge is 2.28. The highest BCUT2D eigenvalue weighted by molar-refractivity contribution is 7.47. The molecule has 0 aliphatic carbocycles. The summed E-state index contributed by atoms with van der Waals surface area (Å²) in [5.74, 6) is -2.39. The summed E-state index contributed by atoms with van der Waals surface area (Å²) in [5, 5.41) is 21.8. The predicted molar refractivity (Wildman–Crippen MR) is 222 cm³/mol. The van der Waals surface area contributed by atoms with Gasteiger partial charge < -0.3 is 25.2 Å². The second kappa shape index (κ2) is 38.6. The molecule has 3 atom stereocenters. The van der Waals surface area contributed by atoms with Crippen molar-refractivity contribution in [3.8, 4) is 0 Å². The Labute approximate surface area is 333 Å². The molecule has 0 radical (unpaired) electrons. The maximum atomic E-state index is 12.2. The van der Waals surface area contributed by atoms with Crippen molar-refractivity contribution >= 4 is 25.7 Å². The molecule has 0 aliphatic heterocycles. The molecule has 4 N–H and O–H groups in total. The first-order valence-electron chi connectivity index (χ1n) is 21.5. The molecule has 0 saturated heterocycles. The Hall–Kier alpha value is -2.30. The van der Waals surface area contributed by atoms with Crippen LogP contribution < -0.4 is 5.32 Å². The molecule has 0 rings (SSSR count). The topological polar surface area (TPSA) is 169 Å². The first kappa shape index (κ1) is 52.7. The molecule has 55 heavy (non-hydrogen) atoms. The zero-order chi connectivity index (χ0) is 40.7. The average Bonchev–Trinajstić information content (AvgIpc) is 3.16. The van der Waals surface area contributed by atoms with Crippen molar-refractivity contribution in [2.24, 2.45) is 0 Å². The standard InChI is InChI=1S/C43H78NO10P/c1-3-5-7-9-11-13-15-17-18-19-20-21-22-23-25-27-29-31-33-35-42(47)52-36-39(45)37-53-55(50,51)54-38-40(43(48)49)44-41(46)34-32-30-28-26-24-16-14-12-10-8-6-4-2/h11-14,17-18,39-40,45H,3-10,15-16,19-38H2,1-2H3,(H,44,46)(H,48,49)(H,50,51)/b13-11-,14-12-,18-17-. The van der Waals surface area contributed by atoms with Gasteiger partial charge in [-0.1, -0.05) is 140 Å². The lowest BCUT2D eigenvalue weighted by atomic mass is 10.1. The van der Waals surface area contributed by atoms with Gasteiger partial charge >= 0.3 is 19.8 Å². The van der Waals surface area contributed by atoms with Gasteiger partial charge in [-0.25, -0.2) is 9.36 Å². The van der Waals surface area contributed by atoms with Gasteiger partial charge in [-0.3, -0.25) is 18.6 Å². The predicted octanol–water partition coefficient (Wildman–Crippen LogP) is 10.8. The monoisotopic (exact) mass is 800 g/mol. The molecule has 3 unspecified atom stereocenters. The maximum absolute atomic E-state index is 12.2. The van der Waals surface area contributed by atoms with Gasteiger partial charge in [0.15, 0.2) is 6.04 Å². The molecule has 320 valence electrons. The molecule has 0 aromatic rings. The van der Waals surface area contributed by atoms with Crippen LogP contribution in [-0.4, -0.2) is 64.9 Å². The number of rotatable bonds is 40. The van der Waals surface area contributed by atoms with Gasteiger partial charge in [0.05, 0.1) is 13.2 Å². The molecule has 0 aliphatic rings. The molecule has 0 bridgehead atoms. The number of ether oxygens (including phenoxy) is 1. The first-order chi connectivity index (χ1) is 26.6. The second-order valence-corrected chi connectivity index (χ2v) is 16.0. The summed E-state index contributed by atoms with van der Waals surface area (Å²) in [7, 11) is -4.75. The van der Waals surface area contributed by atoms with E-state index in [-0.39, 0.29) is 12.8 Å². The van der Waals surface area contributed by atoms with Gasteiger partial charge in [0.1, 0.15) is 12.7 Å². The average molecular weight is 800 g/mol. The van der Waals surface area contributed by atoms with E-state index < -0.39 is 57.6 Å². The molecule has 1 amide bonds. The molecule has 0 fully saturated rings. The Bertz CT molecular complexity index is 1080. The third-order valence-corrected chi connectivity index (χ3v) is 10.1. The minimum absolute atomic E-state index is 0.135. The Morgan fingerprint density at radius 2 is 1.00 bits per heavy atom. The van der Waals surface area contributed by atoms with Crippen molar-refractivity contribution in [1.29, 1.82) is 0 Å². The van der Waals surface area contributed by atoms with Gasteiger partial charge in [-0.05, 0) is 70.6 Å². The lowest BCUT2D eigenvalue weighted by Gasteiger charge is -2.18. The van der Waals surface area contributed by atoms with Crippen LogP contribution in [0.15, 0.2) is 36.5 Å². The van der Waals surface area contributed by atoms with E-state index in [4.69, 9.17) is 13.8 Å². The Morgan fingerprint density at radius 1 is 0.582 bits per heavy atom. The Morgan fingerprint density at radius 3 is 1.49 bits per heavy atom. The third-order valence-electron chi connectivity index (χ3n) is 9.15.